The third-order valence-electron chi connectivity index (χ3n) is 4.73. The predicted octanol–water partition coefficient (Wildman–Crippen LogP) is 1.73. The van der Waals surface area contributed by atoms with Crippen LogP contribution in [0.2, 0.25) is 0 Å². The van der Waals surface area contributed by atoms with Crippen molar-refractivity contribution in [3.05, 3.63) is 24.3 Å². The second-order valence-corrected chi connectivity index (χ2v) is 6.15. The zero-order valence-corrected chi connectivity index (χ0v) is 11.2. The van der Waals surface area contributed by atoms with E-state index in [4.69, 9.17) is 9.47 Å². The molecule has 0 radical (unpaired) electrons. The van der Waals surface area contributed by atoms with Crippen molar-refractivity contribution in [2.24, 2.45) is 5.92 Å². The minimum absolute atomic E-state index is 0.126. The lowest BCUT2D eigenvalue weighted by molar-refractivity contribution is -0.139. The third kappa shape index (κ3) is 2.13. The van der Waals surface area contributed by atoms with E-state index in [1.165, 1.54) is 0 Å². The first-order valence-corrected chi connectivity index (χ1v) is 6.84. The van der Waals surface area contributed by atoms with Gasteiger partial charge in [0.1, 0.15) is 6.10 Å². The molecular formula is C15H20O4. The normalized spacial score (nSPS) is 46.3. The highest BCUT2D eigenvalue weighted by molar-refractivity contribution is 5.90. The average Bonchev–Trinajstić information content (AvgIpc) is 2.93. The summed E-state index contributed by atoms with van der Waals surface area (Å²) < 4.78 is 11.2. The number of rotatable bonds is 0. The number of ether oxygens (including phenoxy) is 2. The monoisotopic (exact) mass is 264 g/mol. The van der Waals surface area contributed by atoms with Gasteiger partial charge in [-0.05, 0) is 31.8 Å². The van der Waals surface area contributed by atoms with E-state index in [1.807, 2.05) is 0 Å². The number of carbonyl (C=O) groups is 1. The lowest BCUT2D eigenvalue weighted by Gasteiger charge is -2.24. The van der Waals surface area contributed by atoms with Crippen LogP contribution in [0.1, 0.15) is 32.6 Å². The van der Waals surface area contributed by atoms with Crippen LogP contribution in [0, 0.1) is 5.92 Å². The second-order valence-electron chi connectivity index (χ2n) is 6.15. The van der Waals surface area contributed by atoms with Crippen molar-refractivity contribution in [2.75, 3.05) is 0 Å². The molecule has 0 aromatic heterocycles. The van der Waals surface area contributed by atoms with Gasteiger partial charge in [-0.2, -0.15) is 0 Å². The van der Waals surface area contributed by atoms with Crippen LogP contribution in [0.5, 0.6) is 0 Å². The fraction of sp³-hybridized carbons (Fsp3) is 0.667. The van der Waals surface area contributed by atoms with E-state index in [-0.39, 0.29) is 29.7 Å². The molecular weight excluding hydrogens is 244 g/mol. The van der Waals surface area contributed by atoms with Gasteiger partial charge in [0.15, 0.2) is 0 Å². The summed E-state index contributed by atoms with van der Waals surface area (Å²) in [6.07, 6.45) is 2.15. The van der Waals surface area contributed by atoms with Crippen molar-refractivity contribution in [3.8, 4) is 0 Å². The standard InChI is InChI=1S/C15H20O4/c1-8-4-5-13-15(3,19-13)7-12-10(6-11(8)16)9(2)14(17)18-12/h10-13,16H,1-2,4-7H2,3H3/t10-,11+,12-,13-,15+/m1/s1. The fourth-order valence-corrected chi connectivity index (χ4v) is 3.27. The van der Waals surface area contributed by atoms with E-state index in [9.17, 15) is 9.90 Å². The molecule has 19 heavy (non-hydrogen) atoms. The Balaban J connectivity index is 1.85. The van der Waals surface area contributed by atoms with Crippen molar-refractivity contribution in [1.29, 1.82) is 0 Å². The van der Waals surface area contributed by atoms with Crippen LogP contribution in [0.25, 0.3) is 0 Å². The minimum atomic E-state index is -0.596. The smallest absolute Gasteiger partial charge is 0.334 e. The highest BCUT2D eigenvalue weighted by atomic mass is 16.6. The summed E-state index contributed by atoms with van der Waals surface area (Å²) in [4.78, 5) is 11.7. The van der Waals surface area contributed by atoms with Gasteiger partial charge in [0.05, 0.1) is 17.8 Å². The number of fused-ring (bicyclic) bond motifs is 2. The molecule has 3 rings (SSSR count). The zero-order chi connectivity index (χ0) is 13.8. The van der Waals surface area contributed by atoms with Gasteiger partial charge in [0.2, 0.25) is 0 Å². The molecule has 3 aliphatic rings. The van der Waals surface area contributed by atoms with E-state index in [0.29, 0.717) is 18.4 Å². The van der Waals surface area contributed by atoms with Crippen LogP contribution in [0.4, 0.5) is 0 Å². The summed E-state index contributed by atoms with van der Waals surface area (Å²) in [6.45, 7) is 9.81. The van der Waals surface area contributed by atoms with Gasteiger partial charge >= 0.3 is 5.97 Å². The van der Waals surface area contributed by atoms with E-state index in [0.717, 1.165) is 18.4 Å². The number of epoxide rings is 1. The zero-order valence-electron chi connectivity index (χ0n) is 11.2. The number of esters is 1. The summed E-state index contributed by atoms with van der Waals surface area (Å²) in [5.41, 5.74) is 1.08. The summed E-state index contributed by atoms with van der Waals surface area (Å²) in [6, 6.07) is 0. The lowest BCUT2D eigenvalue weighted by atomic mass is 9.82. The quantitative estimate of drug-likeness (QED) is 0.313. The molecule has 0 aromatic carbocycles. The van der Waals surface area contributed by atoms with Gasteiger partial charge in [0.25, 0.3) is 0 Å². The summed E-state index contributed by atoms with van der Waals surface area (Å²) in [7, 11) is 0. The first-order chi connectivity index (χ1) is 8.90. The maximum atomic E-state index is 11.7. The highest BCUT2D eigenvalue weighted by Crippen LogP contribution is 2.48. The molecule has 3 fully saturated rings. The molecule has 2 saturated heterocycles. The SMILES string of the molecule is C=C1C(=O)O[C@@H]2C[C@]3(C)O[C@@H]3CCC(=C)[C@@H](O)C[C@H]12. The van der Waals surface area contributed by atoms with Gasteiger partial charge in [-0.1, -0.05) is 13.2 Å². The van der Waals surface area contributed by atoms with Crippen LogP contribution >= 0.6 is 0 Å². The number of aliphatic hydroxyl groups is 1. The Morgan fingerprint density at radius 3 is 2.89 bits per heavy atom. The Morgan fingerprint density at radius 2 is 2.16 bits per heavy atom. The van der Waals surface area contributed by atoms with Crippen molar-refractivity contribution in [1.82, 2.24) is 0 Å². The molecule has 2 aliphatic heterocycles. The highest BCUT2D eigenvalue weighted by Gasteiger charge is 2.56. The van der Waals surface area contributed by atoms with Gasteiger partial charge in [0, 0.05) is 17.9 Å². The van der Waals surface area contributed by atoms with Crippen LogP contribution in [-0.2, 0) is 14.3 Å². The van der Waals surface area contributed by atoms with E-state index in [2.05, 4.69) is 20.1 Å². The van der Waals surface area contributed by atoms with Crippen molar-refractivity contribution < 1.29 is 19.4 Å². The van der Waals surface area contributed by atoms with Gasteiger partial charge in [-0.25, -0.2) is 4.79 Å². The molecule has 0 unspecified atom stereocenters. The topological polar surface area (TPSA) is 59.1 Å². The summed E-state index contributed by atoms with van der Waals surface area (Å²) in [5.74, 6) is -0.466. The Labute approximate surface area is 113 Å². The summed E-state index contributed by atoms with van der Waals surface area (Å²) in [5, 5.41) is 10.2. The van der Waals surface area contributed by atoms with Crippen molar-refractivity contribution in [2.45, 2.75) is 56.5 Å². The lowest BCUT2D eigenvalue weighted by Crippen LogP contribution is -2.29. The molecule has 0 amide bonds. The third-order valence-corrected chi connectivity index (χ3v) is 4.73. The Morgan fingerprint density at radius 1 is 1.42 bits per heavy atom. The Bertz CT molecular complexity index is 455. The predicted molar refractivity (Wildman–Crippen MR) is 69.4 cm³/mol. The maximum Gasteiger partial charge on any atom is 0.334 e. The first-order valence-electron chi connectivity index (χ1n) is 6.84. The number of carbonyl (C=O) groups excluding carboxylic acids is 1. The maximum absolute atomic E-state index is 11.7. The van der Waals surface area contributed by atoms with Crippen LogP contribution < -0.4 is 0 Å². The van der Waals surface area contributed by atoms with Crippen LogP contribution in [0.3, 0.4) is 0 Å². The van der Waals surface area contributed by atoms with Gasteiger partial charge < -0.3 is 14.6 Å². The number of hydrogen-bond donors (Lipinski definition) is 1. The molecule has 0 bridgehead atoms. The van der Waals surface area contributed by atoms with Crippen LogP contribution in [-0.4, -0.2) is 35.0 Å². The van der Waals surface area contributed by atoms with E-state index < -0.39 is 6.10 Å². The molecule has 1 aliphatic carbocycles. The first kappa shape index (κ1) is 12.9. The van der Waals surface area contributed by atoms with E-state index in [1.54, 1.807) is 0 Å². The Kier molecular flexibility index (Phi) is 2.84. The fourth-order valence-electron chi connectivity index (χ4n) is 3.27. The van der Waals surface area contributed by atoms with Crippen molar-refractivity contribution in [3.63, 3.8) is 0 Å². The molecule has 4 nitrogen and oxygen atoms in total. The number of aliphatic hydroxyl groups excluding tert-OH is 1. The van der Waals surface area contributed by atoms with Crippen LogP contribution in [0.15, 0.2) is 24.3 Å². The van der Waals surface area contributed by atoms with Crippen molar-refractivity contribution >= 4 is 5.97 Å². The minimum Gasteiger partial charge on any atom is -0.458 e. The Hall–Kier alpha value is -1.13. The van der Waals surface area contributed by atoms with Gasteiger partial charge in [-0.3, -0.25) is 0 Å². The van der Waals surface area contributed by atoms with E-state index >= 15 is 0 Å². The summed E-state index contributed by atoms with van der Waals surface area (Å²) >= 11 is 0. The molecule has 4 heteroatoms. The molecule has 0 spiro atoms. The number of hydrogen-bond acceptors (Lipinski definition) is 4. The molecule has 0 aromatic rings. The average molecular weight is 264 g/mol. The second kappa shape index (κ2) is 4.18. The molecule has 1 N–H and O–H groups in total. The molecule has 104 valence electrons. The molecule has 2 heterocycles. The largest absolute Gasteiger partial charge is 0.458 e. The molecule has 1 saturated carbocycles. The van der Waals surface area contributed by atoms with Gasteiger partial charge in [-0.15, -0.1) is 0 Å². The molecule has 5 atom stereocenters.